The zero-order valence-corrected chi connectivity index (χ0v) is 20.9. The summed E-state index contributed by atoms with van der Waals surface area (Å²) in [6.45, 7) is 9.84. The van der Waals surface area contributed by atoms with Gasteiger partial charge in [-0.2, -0.15) is 10.1 Å². The first-order valence-electron chi connectivity index (χ1n) is 11.8. The molecule has 190 valence electrons. The third kappa shape index (κ3) is 7.28. The highest BCUT2D eigenvalue weighted by atomic mass is 19.1. The molecular weight excluding hydrogens is 471 g/mol. The van der Waals surface area contributed by atoms with Crippen molar-refractivity contribution in [3.8, 4) is 0 Å². The van der Waals surface area contributed by atoms with Gasteiger partial charge in [-0.25, -0.2) is 14.8 Å². The summed E-state index contributed by atoms with van der Waals surface area (Å²) in [4.78, 5) is 19.0. The molecule has 0 radical (unpaired) electrons. The number of anilines is 4. The first kappa shape index (κ1) is 25.6. The third-order valence-corrected chi connectivity index (χ3v) is 5.46. The number of morpholine rings is 1. The summed E-state index contributed by atoms with van der Waals surface area (Å²) < 4.78 is 19.5. The van der Waals surface area contributed by atoms with Crippen molar-refractivity contribution in [2.75, 3.05) is 41.9 Å². The Kier molecular flexibility index (Phi) is 8.66. The minimum Gasteiger partial charge on any atom is -0.378 e. The number of nitrogens with one attached hydrogen (secondary N) is 2. The average Bonchev–Trinajstić information content (AvgIpc) is 2.91. The summed E-state index contributed by atoms with van der Waals surface area (Å²) in [5.41, 5.74) is 7.95. The molecule has 2 aromatic heterocycles. The van der Waals surface area contributed by atoms with Crippen LogP contribution >= 0.6 is 0 Å². The number of hydrogen-bond donors (Lipinski definition) is 2. The fraction of sp³-hybridized carbons (Fsp3) is 0.222. The lowest BCUT2D eigenvalue weighted by atomic mass is 10.1. The van der Waals surface area contributed by atoms with Crippen LogP contribution in [0.15, 0.2) is 83.3 Å². The number of aliphatic imine (C=N–C) groups is 1. The lowest BCUT2D eigenvalue weighted by Crippen LogP contribution is -2.37. The lowest BCUT2D eigenvalue weighted by Gasteiger charge is -2.27. The zero-order chi connectivity index (χ0) is 26.0. The van der Waals surface area contributed by atoms with Crippen LogP contribution in [0.2, 0.25) is 0 Å². The van der Waals surface area contributed by atoms with Crippen molar-refractivity contribution in [1.82, 2.24) is 15.0 Å². The fourth-order valence-electron chi connectivity index (χ4n) is 3.65. The molecule has 37 heavy (non-hydrogen) atoms. The Hall–Kier alpha value is -4.44. The number of hydrazone groups is 1. The number of hydrogen-bond acceptors (Lipinski definition) is 9. The molecular formula is C27H29FN8O. The molecule has 3 heterocycles. The molecule has 0 amide bonds. The smallest absolute Gasteiger partial charge is 0.245 e. The van der Waals surface area contributed by atoms with E-state index in [0.29, 0.717) is 32.0 Å². The molecule has 0 spiro atoms. The Morgan fingerprint density at radius 2 is 1.95 bits per heavy atom. The Labute approximate surface area is 215 Å². The second-order valence-electron chi connectivity index (χ2n) is 8.25. The van der Waals surface area contributed by atoms with Crippen LogP contribution in [-0.2, 0) is 4.74 Å². The molecule has 4 rings (SSSR count). The van der Waals surface area contributed by atoms with E-state index in [0.717, 1.165) is 34.5 Å². The maximum Gasteiger partial charge on any atom is 0.245 e. The number of nitrogens with zero attached hydrogens (tertiary/aromatic N) is 6. The van der Waals surface area contributed by atoms with E-state index in [4.69, 9.17) is 4.74 Å². The fourth-order valence-corrected chi connectivity index (χ4v) is 3.65. The van der Waals surface area contributed by atoms with Crippen LogP contribution in [0.25, 0.3) is 0 Å². The normalized spacial score (nSPS) is 14.6. The van der Waals surface area contributed by atoms with Crippen LogP contribution in [0, 0.1) is 5.82 Å². The number of rotatable bonds is 9. The topological polar surface area (TPSA) is 99.9 Å². The predicted octanol–water partition coefficient (Wildman–Crippen LogP) is 4.94. The monoisotopic (exact) mass is 500 g/mol. The second-order valence-corrected chi connectivity index (χ2v) is 8.25. The molecule has 0 saturated carbocycles. The van der Waals surface area contributed by atoms with E-state index in [-0.39, 0.29) is 11.8 Å². The minimum atomic E-state index is -0.478. The van der Waals surface area contributed by atoms with Crippen molar-refractivity contribution in [2.24, 2.45) is 10.1 Å². The van der Waals surface area contributed by atoms with Crippen molar-refractivity contribution >= 4 is 35.1 Å². The van der Waals surface area contributed by atoms with Crippen LogP contribution in [0.4, 0.5) is 27.5 Å². The lowest BCUT2D eigenvalue weighted by molar-refractivity contribution is 0.122. The van der Waals surface area contributed by atoms with Gasteiger partial charge >= 0.3 is 0 Å². The van der Waals surface area contributed by atoms with E-state index in [9.17, 15) is 4.39 Å². The largest absolute Gasteiger partial charge is 0.378 e. The third-order valence-electron chi connectivity index (χ3n) is 5.46. The molecule has 1 fully saturated rings. The van der Waals surface area contributed by atoms with Crippen molar-refractivity contribution in [3.63, 3.8) is 0 Å². The van der Waals surface area contributed by atoms with E-state index < -0.39 is 5.82 Å². The highest BCUT2D eigenvalue weighted by Crippen LogP contribution is 2.19. The Morgan fingerprint density at radius 1 is 1.11 bits per heavy atom. The molecule has 0 unspecified atom stereocenters. The summed E-state index contributed by atoms with van der Waals surface area (Å²) in [5, 5.41) is 7.49. The van der Waals surface area contributed by atoms with Gasteiger partial charge in [0, 0.05) is 30.2 Å². The van der Waals surface area contributed by atoms with Gasteiger partial charge in [-0.15, -0.1) is 0 Å². The standard InChI is InChI=1S/C27H29FN8O/c1-4-6-19(2)32-20(3)21-7-5-8-22(15-21)33-24-10-9-23(29-16-24)17-31-35-27-30-18-25(28)26(34-27)36-11-13-37-14-12-36/h4-10,15-18,33H,1,11-14H2,2-3H3,(H,30,34,35)/b19-6-,31-17+,32-20+. The quantitative estimate of drug-likeness (QED) is 0.244. The molecule has 1 aromatic carbocycles. The van der Waals surface area contributed by atoms with Gasteiger partial charge < -0.3 is 15.0 Å². The van der Waals surface area contributed by atoms with Crippen LogP contribution in [-0.4, -0.2) is 53.2 Å². The van der Waals surface area contributed by atoms with E-state index in [1.807, 2.05) is 61.2 Å². The highest BCUT2D eigenvalue weighted by molar-refractivity contribution is 6.00. The Bertz CT molecular complexity index is 1310. The molecule has 1 saturated heterocycles. The molecule has 1 aliphatic rings. The van der Waals surface area contributed by atoms with Gasteiger partial charge in [0.2, 0.25) is 5.95 Å². The molecule has 2 N–H and O–H groups in total. The van der Waals surface area contributed by atoms with Gasteiger partial charge in [-0.3, -0.25) is 9.98 Å². The van der Waals surface area contributed by atoms with Crippen molar-refractivity contribution in [3.05, 3.63) is 90.3 Å². The summed E-state index contributed by atoms with van der Waals surface area (Å²) in [5.74, 6) is -0.0430. The van der Waals surface area contributed by atoms with E-state index in [1.54, 1.807) is 18.5 Å². The molecule has 3 aromatic rings. The van der Waals surface area contributed by atoms with Crippen molar-refractivity contribution in [1.29, 1.82) is 0 Å². The van der Waals surface area contributed by atoms with E-state index in [1.165, 1.54) is 0 Å². The first-order chi connectivity index (χ1) is 18.0. The number of benzene rings is 1. The predicted molar refractivity (Wildman–Crippen MR) is 146 cm³/mol. The van der Waals surface area contributed by atoms with Crippen LogP contribution in [0.3, 0.4) is 0 Å². The Morgan fingerprint density at radius 3 is 2.70 bits per heavy atom. The van der Waals surface area contributed by atoms with Gasteiger partial charge in [-0.1, -0.05) is 24.8 Å². The summed E-state index contributed by atoms with van der Waals surface area (Å²) >= 11 is 0. The number of allylic oxidation sites excluding steroid dienone is 3. The average molecular weight is 501 g/mol. The number of halogens is 1. The zero-order valence-electron chi connectivity index (χ0n) is 20.9. The SMILES string of the molecule is C=C/C=C(C)\N=C(/C)c1cccc(Nc2ccc(/C=N/Nc3ncc(F)c(N4CCOCC4)n3)nc2)c1. The van der Waals surface area contributed by atoms with Crippen molar-refractivity contribution in [2.45, 2.75) is 13.8 Å². The Balaban J connectivity index is 1.37. The molecule has 1 aliphatic heterocycles. The number of ether oxygens (including phenoxy) is 1. The molecule has 9 nitrogen and oxygen atoms in total. The number of pyridine rings is 1. The van der Waals surface area contributed by atoms with Gasteiger partial charge in [0.15, 0.2) is 11.6 Å². The van der Waals surface area contributed by atoms with Crippen LogP contribution in [0.5, 0.6) is 0 Å². The van der Waals surface area contributed by atoms with Gasteiger partial charge in [-0.05, 0) is 49.8 Å². The summed E-state index contributed by atoms with van der Waals surface area (Å²) in [6, 6.07) is 11.8. The maximum atomic E-state index is 14.2. The molecule has 0 bridgehead atoms. The van der Waals surface area contributed by atoms with Gasteiger partial charge in [0.05, 0.1) is 43.2 Å². The molecule has 10 heteroatoms. The molecule has 0 atom stereocenters. The van der Waals surface area contributed by atoms with Gasteiger partial charge in [0.1, 0.15) is 0 Å². The van der Waals surface area contributed by atoms with E-state index >= 15 is 0 Å². The van der Waals surface area contributed by atoms with Crippen LogP contribution in [0.1, 0.15) is 25.1 Å². The summed E-state index contributed by atoms with van der Waals surface area (Å²) in [6.07, 6.45) is 7.99. The van der Waals surface area contributed by atoms with Crippen LogP contribution < -0.4 is 15.6 Å². The molecule has 0 aliphatic carbocycles. The van der Waals surface area contributed by atoms with Gasteiger partial charge in [0.25, 0.3) is 0 Å². The first-order valence-corrected chi connectivity index (χ1v) is 11.8. The minimum absolute atomic E-state index is 0.200. The number of aromatic nitrogens is 3. The second kappa shape index (κ2) is 12.5. The van der Waals surface area contributed by atoms with E-state index in [2.05, 4.69) is 42.4 Å². The summed E-state index contributed by atoms with van der Waals surface area (Å²) in [7, 11) is 0. The van der Waals surface area contributed by atoms with Crippen molar-refractivity contribution < 1.29 is 9.13 Å². The maximum absolute atomic E-state index is 14.2. The highest BCUT2D eigenvalue weighted by Gasteiger charge is 2.17.